The van der Waals surface area contributed by atoms with Gasteiger partial charge in [0.1, 0.15) is 11.4 Å². The number of hydrogen-bond acceptors (Lipinski definition) is 4. The maximum Gasteiger partial charge on any atom is 0.315 e. The van der Waals surface area contributed by atoms with Crippen molar-refractivity contribution in [2.24, 2.45) is 11.8 Å². The first-order chi connectivity index (χ1) is 9.36. The van der Waals surface area contributed by atoms with Crippen LogP contribution in [0.5, 0.6) is 0 Å². The summed E-state index contributed by atoms with van der Waals surface area (Å²) in [5, 5.41) is 14.3. The lowest BCUT2D eigenvalue weighted by Crippen LogP contribution is -2.31. The third kappa shape index (κ3) is 4.11. The number of nitrogens with one attached hydrogen (secondary N) is 1. The number of hydrogen-bond donors (Lipinski definition) is 1. The molecule has 1 aromatic rings. The molecule has 20 heavy (non-hydrogen) atoms. The highest BCUT2D eigenvalue weighted by Crippen LogP contribution is 2.35. The van der Waals surface area contributed by atoms with Crippen LogP contribution in [0, 0.1) is 22.0 Å². The lowest BCUT2D eigenvalue weighted by atomic mass is 10.1. The van der Waals surface area contributed by atoms with Crippen molar-refractivity contribution >= 4 is 17.1 Å². The molecule has 0 unspecified atom stereocenters. The minimum atomic E-state index is -0.297. The van der Waals surface area contributed by atoms with Gasteiger partial charge in [-0.2, -0.15) is 0 Å². The summed E-state index contributed by atoms with van der Waals surface area (Å²) in [6.07, 6.45) is 0. The van der Waals surface area contributed by atoms with E-state index in [1.165, 1.54) is 0 Å². The predicted molar refractivity (Wildman–Crippen MR) is 84.5 cm³/mol. The van der Waals surface area contributed by atoms with Crippen molar-refractivity contribution in [1.82, 2.24) is 0 Å². The van der Waals surface area contributed by atoms with Crippen molar-refractivity contribution in [3.8, 4) is 0 Å². The van der Waals surface area contributed by atoms with Gasteiger partial charge in [0.05, 0.1) is 4.92 Å². The Morgan fingerprint density at radius 1 is 1.20 bits per heavy atom. The Balaban J connectivity index is 3.27. The molecule has 0 saturated heterocycles. The van der Waals surface area contributed by atoms with Crippen molar-refractivity contribution in [2.75, 3.05) is 30.4 Å². The van der Waals surface area contributed by atoms with E-state index in [4.69, 9.17) is 0 Å². The fourth-order valence-corrected chi connectivity index (χ4v) is 2.33. The topological polar surface area (TPSA) is 58.4 Å². The van der Waals surface area contributed by atoms with Gasteiger partial charge < -0.3 is 10.2 Å². The third-order valence-corrected chi connectivity index (χ3v) is 2.98. The van der Waals surface area contributed by atoms with Gasteiger partial charge in [0.15, 0.2) is 0 Å². The number of nitro benzene ring substituents is 1. The first-order valence-corrected chi connectivity index (χ1v) is 7.06. The van der Waals surface area contributed by atoms with E-state index in [2.05, 4.69) is 37.9 Å². The molecule has 0 heterocycles. The van der Waals surface area contributed by atoms with Gasteiger partial charge in [0.25, 0.3) is 0 Å². The molecule has 0 aliphatic carbocycles. The number of para-hydroxylation sites is 1. The quantitative estimate of drug-likeness (QED) is 0.610. The molecule has 5 nitrogen and oxygen atoms in total. The molecule has 0 fully saturated rings. The van der Waals surface area contributed by atoms with Crippen molar-refractivity contribution < 1.29 is 4.92 Å². The lowest BCUT2D eigenvalue weighted by molar-refractivity contribution is -0.383. The van der Waals surface area contributed by atoms with E-state index in [1.54, 1.807) is 13.1 Å². The largest absolute Gasteiger partial charge is 0.382 e. The first kappa shape index (κ1) is 16.3. The summed E-state index contributed by atoms with van der Waals surface area (Å²) in [7, 11) is 1.71. The summed E-state index contributed by atoms with van der Waals surface area (Å²) >= 11 is 0. The van der Waals surface area contributed by atoms with E-state index in [1.807, 2.05) is 12.1 Å². The summed E-state index contributed by atoms with van der Waals surface area (Å²) < 4.78 is 0. The fourth-order valence-electron chi connectivity index (χ4n) is 2.33. The van der Waals surface area contributed by atoms with Gasteiger partial charge in [-0.15, -0.1) is 0 Å². The molecule has 0 aliphatic heterocycles. The number of nitro groups is 1. The molecule has 0 aliphatic rings. The van der Waals surface area contributed by atoms with Gasteiger partial charge >= 0.3 is 5.69 Å². The fraction of sp³-hybridized carbons (Fsp3) is 0.600. The third-order valence-electron chi connectivity index (χ3n) is 2.98. The van der Waals surface area contributed by atoms with Crippen LogP contribution in [0.2, 0.25) is 0 Å². The van der Waals surface area contributed by atoms with Gasteiger partial charge in [-0.25, -0.2) is 0 Å². The van der Waals surface area contributed by atoms with Gasteiger partial charge in [0.2, 0.25) is 0 Å². The van der Waals surface area contributed by atoms with Gasteiger partial charge in [-0.3, -0.25) is 10.1 Å². The first-order valence-electron chi connectivity index (χ1n) is 7.06. The molecule has 0 spiro atoms. The van der Waals surface area contributed by atoms with Crippen molar-refractivity contribution in [3.05, 3.63) is 28.3 Å². The summed E-state index contributed by atoms with van der Waals surface area (Å²) in [4.78, 5) is 13.2. The average molecular weight is 279 g/mol. The second-order valence-corrected chi connectivity index (χ2v) is 5.87. The van der Waals surface area contributed by atoms with E-state index < -0.39 is 0 Å². The zero-order valence-corrected chi connectivity index (χ0v) is 13.0. The highest BCUT2D eigenvalue weighted by molar-refractivity contribution is 5.76. The molecular formula is C15H25N3O2. The second-order valence-electron chi connectivity index (χ2n) is 5.87. The molecule has 0 bridgehead atoms. The Hall–Kier alpha value is -1.78. The van der Waals surface area contributed by atoms with Gasteiger partial charge in [-0.1, -0.05) is 33.8 Å². The predicted octanol–water partition coefficient (Wildman–Crippen LogP) is 3.75. The van der Waals surface area contributed by atoms with Crippen LogP contribution < -0.4 is 10.2 Å². The Labute approximate surface area is 121 Å². The van der Waals surface area contributed by atoms with E-state index >= 15 is 0 Å². The summed E-state index contributed by atoms with van der Waals surface area (Å²) in [5.41, 5.74) is 1.42. The van der Waals surface area contributed by atoms with Crippen LogP contribution in [0.15, 0.2) is 18.2 Å². The molecule has 1 aromatic carbocycles. The number of nitrogens with zero attached hydrogens (tertiary/aromatic N) is 2. The minimum absolute atomic E-state index is 0.163. The van der Waals surface area contributed by atoms with Crippen LogP contribution in [-0.4, -0.2) is 25.1 Å². The highest BCUT2D eigenvalue weighted by atomic mass is 16.6. The van der Waals surface area contributed by atoms with Crippen molar-refractivity contribution in [2.45, 2.75) is 27.7 Å². The summed E-state index contributed by atoms with van der Waals surface area (Å²) in [6, 6.07) is 5.44. The van der Waals surface area contributed by atoms with Crippen LogP contribution in [0.4, 0.5) is 17.1 Å². The van der Waals surface area contributed by atoms with Crippen molar-refractivity contribution in [3.63, 3.8) is 0 Å². The van der Waals surface area contributed by atoms with Crippen molar-refractivity contribution in [1.29, 1.82) is 0 Å². The maximum atomic E-state index is 11.4. The van der Waals surface area contributed by atoms with Crippen LogP contribution in [-0.2, 0) is 0 Å². The lowest BCUT2D eigenvalue weighted by Gasteiger charge is -2.28. The minimum Gasteiger partial charge on any atom is -0.382 e. The zero-order chi connectivity index (χ0) is 15.3. The molecule has 0 aromatic heterocycles. The Morgan fingerprint density at radius 3 is 2.15 bits per heavy atom. The molecule has 0 atom stereocenters. The molecule has 5 heteroatoms. The van der Waals surface area contributed by atoms with E-state index in [9.17, 15) is 10.1 Å². The molecule has 112 valence electrons. The van der Waals surface area contributed by atoms with Gasteiger partial charge in [-0.05, 0) is 24.0 Å². The SMILES string of the molecule is CNc1cccc(N(CC(C)C)CC(C)C)c1[N+](=O)[O-]. The number of anilines is 2. The molecule has 0 amide bonds. The molecule has 0 radical (unpaired) electrons. The number of benzene rings is 1. The smallest absolute Gasteiger partial charge is 0.315 e. The maximum absolute atomic E-state index is 11.4. The summed E-state index contributed by atoms with van der Waals surface area (Å²) in [5.74, 6) is 0.901. The average Bonchev–Trinajstić information content (AvgIpc) is 2.35. The van der Waals surface area contributed by atoms with E-state index in [0.717, 1.165) is 13.1 Å². The van der Waals surface area contributed by atoms with Crippen LogP contribution in [0.25, 0.3) is 0 Å². The Bertz CT molecular complexity index is 448. The molecular weight excluding hydrogens is 254 g/mol. The van der Waals surface area contributed by atoms with Crippen LogP contribution in [0.1, 0.15) is 27.7 Å². The second kappa shape index (κ2) is 7.12. The van der Waals surface area contributed by atoms with Crippen LogP contribution in [0.3, 0.4) is 0 Å². The van der Waals surface area contributed by atoms with Gasteiger partial charge in [0, 0.05) is 20.1 Å². The normalized spacial score (nSPS) is 10.9. The zero-order valence-electron chi connectivity index (χ0n) is 13.0. The van der Waals surface area contributed by atoms with Crippen LogP contribution >= 0.6 is 0 Å². The molecule has 1 N–H and O–H groups in total. The Morgan fingerprint density at radius 2 is 1.75 bits per heavy atom. The molecule has 1 rings (SSSR count). The highest BCUT2D eigenvalue weighted by Gasteiger charge is 2.24. The summed E-state index contributed by atoms with van der Waals surface area (Å²) in [6.45, 7) is 10.1. The van der Waals surface area contributed by atoms with E-state index in [0.29, 0.717) is 23.2 Å². The molecule has 0 saturated carbocycles. The monoisotopic (exact) mass is 279 g/mol. The number of rotatable bonds is 7. The van der Waals surface area contributed by atoms with E-state index in [-0.39, 0.29) is 10.6 Å². The standard InChI is InChI=1S/C15H25N3O2/c1-11(2)9-17(10-12(3)4)14-8-6-7-13(16-5)15(14)18(19)20/h6-8,11-12,16H,9-10H2,1-5H3. The Kier molecular flexibility index (Phi) is 5.80.